The van der Waals surface area contributed by atoms with E-state index in [9.17, 15) is 9.59 Å². The lowest BCUT2D eigenvalue weighted by Gasteiger charge is -2.25. The van der Waals surface area contributed by atoms with E-state index in [2.05, 4.69) is 4.98 Å². The van der Waals surface area contributed by atoms with Crippen LogP contribution in [0.2, 0.25) is 0 Å². The molecule has 0 unspecified atom stereocenters. The molecule has 1 aliphatic heterocycles. The van der Waals surface area contributed by atoms with Crippen LogP contribution in [-0.2, 0) is 9.53 Å². The fourth-order valence-corrected chi connectivity index (χ4v) is 6.61. The minimum Gasteiger partial charge on any atom is -0.495 e. The van der Waals surface area contributed by atoms with Crippen molar-refractivity contribution in [2.75, 3.05) is 13.7 Å². The molecule has 44 heavy (non-hydrogen) atoms. The number of carbonyl (C=O) groups excluding carboxylic acids is 1. The average Bonchev–Trinajstić information content (AvgIpc) is 3.54. The number of hydrogen-bond acceptors (Lipinski definition) is 7. The Morgan fingerprint density at radius 2 is 1.82 bits per heavy atom. The number of hydrogen-bond donors (Lipinski definition) is 1. The highest BCUT2D eigenvalue weighted by Gasteiger charge is 2.34. The minimum atomic E-state index is -0.716. The lowest BCUT2D eigenvalue weighted by Crippen LogP contribution is -2.40. The molecule has 224 valence electrons. The number of thiazole rings is 1. The molecule has 9 heteroatoms. The zero-order chi connectivity index (χ0) is 31.0. The number of rotatable bonds is 8. The van der Waals surface area contributed by atoms with Crippen molar-refractivity contribution < 1.29 is 19.0 Å². The molecule has 0 saturated carbocycles. The number of aromatic nitrogens is 2. The normalized spacial score (nSPS) is 15.0. The molecule has 3 aromatic carbocycles. The monoisotopic (exact) mass is 607 g/mol. The van der Waals surface area contributed by atoms with Crippen LogP contribution >= 0.6 is 11.3 Å². The molecule has 1 atom stereocenters. The summed E-state index contributed by atoms with van der Waals surface area (Å²) in [5, 5.41) is 0.925. The molecule has 6 rings (SSSR count). The first-order valence-electron chi connectivity index (χ1n) is 14.5. The van der Waals surface area contributed by atoms with E-state index in [0.717, 1.165) is 33.3 Å². The summed E-state index contributed by atoms with van der Waals surface area (Å²) in [6, 6.07) is 22.6. The third-order valence-corrected chi connectivity index (χ3v) is 8.47. The van der Waals surface area contributed by atoms with Crippen molar-refractivity contribution in [2.24, 2.45) is 4.99 Å². The standard InChI is InChI=1S/C35H33N3O5S/c1-6-42-24-17-15-23(16-18-24)32-29(34(40)43-20(2)3)21(4)36-35-38(32)33(39)28(44-35)19-26-25-13-10-14-27(41-5)31(25)37-30(26)22-11-8-7-9-12-22/h7-20,32,37H,6H2,1-5H3/b28-19+/t32-/m0/s1. The second kappa shape index (κ2) is 12.0. The second-order valence-corrected chi connectivity index (χ2v) is 11.7. The summed E-state index contributed by atoms with van der Waals surface area (Å²) in [7, 11) is 1.64. The number of carbonyl (C=O) groups is 1. The number of H-pyrrole nitrogens is 1. The second-order valence-electron chi connectivity index (χ2n) is 10.7. The first kappa shape index (κ1) is 29.2. The first-order valence-corrected chi connectivity index (χ1v) is 15.3. The highest BCUT2D eigenvalue weighted by Crippen LogP contribution is 2.36. The van der Waals surface area contributed by atoms with E-state index in [0.29, 0.717) is 38.7 Å². The highest BCUT2D eigenvalue weighted by atomic mass is 32.1. The molecule has 3 heterocycles. The Bertz CT molecular complexity index is 2070. The summed E-state index contributed by atoms with van der Waals surface area (Å²) in [5.41, 5.74) is 4.92. The zero-order valence-corrected chi connectivity index (χ0v) is 26.0. The van der Waals surface area contributed by atoms with E-state index in [1.165, 1.54) is 11.3 Å². The van der Waals surface area contributed by atoms with Gasteiger partial charge in [0.05, 0.1) is 52.9 Å². The number of para-hydroxylation sites is 1. The Labute approximate surface area is 258 Å². The predicted molar refractivity (Wildman–Crippen MR) is 173 cm³/mol. The topological polar surface area (TPSA) is 94.9 Å². The molecule has 1 N–H and O–H groups in total. The van der Waals surface area contributed by atoms with E-state index in [-0.39, 0.29) is 11.7 Å². The Morgan fingerprint density at radius 3 is 2.50 bits per heavy atom. The number of benzene rings is 3. The van der Waals surface area contributed by atoms with Crippen molar-refractivity contribution in [3.8, 4) is 22.8 Å². The van der Waals surface area contributed by atoms with Crippen molar-refractivity contribution >= 4 is 34.3 Å². The maximum atomic E-state index is 14.3. The van der Waals surface area contributed by atoms with Gasteiger partial charge in [-0.25, -0.2) is 9.79 Å². The van der Waals surface area contributed by atoms with Crippen LogP contribution in [0.5, 0.6) is 11.5 Å². The van der Waals surface area contributed by atoms with Crippen molar-refractivity contribution in [2.45, 2.75) is 39.8 Å². The van der Waals surface area contributed by atoms with Gasteiger partial charge in [0.1, 0.15) is 11.5 Å². The molecule has 8 nitrogen and oxygen atoms in total. The van der Waals surface area contributed by atoms with Gasteiger partial charge in [-0.05, 0) is 63.1 Å². The van der Waals surface area contributed by atoms with Crippen molar-refractivity contribution in [1.82, 2.24) is 9.55 Å². The van der Waals surface area contributed by atoms with E-state index >= 15 is 0 Å². The Balaban J connectivity index is 1.59. The quantitative estimate of drug-likeness (QED) is 0.227. The molecular formula is C35H33N3O5S. The molecular weight excluding hydrogens is 574 g/mol. The van der Waals surface area contributed by atoms with Crippen LogP contribution in [0, 0.1) is 0 Å². The Hall–Kier alpha value is -4.89. The molecule has 0 fully saturated rings. The van der Waals surface area contributed by atoms with Crippen LogP contribution < -0.4 is 24.4 Å². The van der Waals surface area contributed by atoms with Gasteiger partial charge >= 0.3 is 5.97 Å². The third-order valence-electron chi connectivity index (χ3n) is 7.48. The lowest BCUT2D eigenvalue weighted by atomic mass is 9.96. The molecule has 0 spiro atoms. The molecule has 0 radical (unpaired) electrons. The van der Waals surface area contributed by atoms with Crippen LogP contribution in [0.25, 0.3) is 28.2 Å². The van der Waals surface area contributed by atoms with E-state index in [1.54, 1.807) is 32.4 Å². The van der Waals surface area contributed by atoms with Crippen LogP contribution in [0.3, 0.4) is 0 Å². The first-order chi connectivity index (χ1) is 21.3. The molecule has 0 bridgehead atoms. The van der Waals surface area contributed by atoms with E-state index < -0.39 is 12.0 Å². The molecule has 0 aliphatic carbocycles. The minimum absolute atomic E-state index is 0.244. The van der Waals surface area contributed by atoms with E-state index in [4.69, 9.17) is 19.2 Å². The Kier molecular flexibility index (Phi) is 7.97. The van der Waals surface area contributed by atoms with Gasteiger partial charge in [0.25, 0.3) is 5.56 Å². The number of nitrogens with zero attached hydrogens (tertiary/aromatic N) is 2. The van der Waals surface area contributed by atoms with Gasteiger partial charge in [0, 0.05) is 10.9 Å². The molecule has 0 saturated heterocycles. The summed E-state index contributed by atoms with van der Waals surface area (Å²) >= 11 is 1.30. The fraction of sp³-hybridized carbons (Fsp3) is 0.229. The summed E-state index contributed by atoms with van der Waals surface area (Å²) in [6.07, 6.45) is 1.58. The third kappa shape index (κ3) is 5.24. The highest BCUT2D eigenvalue weighted by molar-refractivity contribution is 7.07. The summed E-state index contributed by atoms with van der Waals surface area (Å²) in [4.78, 5) is 36.6. The number of nitrogens with one attached hydrogen (secondary N) is 1. The zero-order valence-electron chi connectivity index (χ0n) is 25.2. The van der Waals surface area contributed by atoms with Gasteiger partial charge in [0.2, 0.25) is 0 Å². The number of ether oxygens (including phenoxy) is 3. The van der Waals surface area contributed by atoms with Crippen molar-refractivity contribution in [3.63, 3.8) is 0 Å². The van der Waals surface area contributed by atoms with E-state index in [1.807, 2.05) is 85.8 Å². The van der Waals surface area contributed by atoms with Gasteiger partial charge in [0.15, 0.2) is 4.80 Å². The van der Waals surface area contributed by atoms with Gasteiger partial charge in [-0.15, -0.1) is 0 Å². The number of methoxy groups -OCH3 is 1. The average molecular weight is 608 g/mol. The SMILES string of the molecule is CCOc1ccc([C@H]2C(C(=O)OC(C)C)=C(C)N=c3s/c(=C/c4c(-c5ccccc5)[nH]c5c(OC)cccc45)c(=O)n32)cc1. The van der Waals surface area contributed by atoms with Crippen LogP contribution in [-0.4, -0.2) is 35.3 Å². The largest absolute Gasteiger partial charge is 0.495 e. The Morgan fingerprint density at radius 1 is 1.07 bits per heavy atom. The molecule has 0 amide bonds. The fourth-order valence-electron chi connectivity index (χ4n) is 5.58. The number of esters is 1. The van der Waals surface area contributed by atoms with Crippen LogP contribution in [0.15, 0.2) is 93.9 Å². The van der Waals surface area contributed by atoms with Crippen LogP contribution in [0.1, 0.15) is 44.9 Å². The van der Waals surface area contributed by atoms with Gasteiger partial charge in [-0.3, -0.25) is 9.36 Å². The van der Waals surface area contributed by atoms with Crippen LogP contribution in [0.4, 0.5) is 0 Å². The molecule has 1 aliphatic rings. The number of fused-ring (bicyclic) bond motifs is 2. The van der Waals surface area contributed by atoms with Gasteiger partial charge in [-0.1, -0.05) is 65.9 Å². The number of aromatic amines is 1. The van der Waals surface area contributed by atoms with Crippen molar-refractivity contribution in [1.29, 1.82) is 0 Å². The maximum Gasteiger partial charge on any atom is 0.338 e. The lowest BCUT2D eigenvalue weighted by molar-refractivity contribution is -0.143. The van der Waals surface area contributed by atoms with Gasteiger partial charge < -0.3 is 19.2 Å². The smallest absolute Gasteiger partial charge is 0.338 e. The summed E-state index contributed by atoms with van der Waals surface area (Å²) < 4.78 is 19.0. The number of allylic oxidation sites excluding steroid dienone is 1. The maximum absolute atomic E-state index is 14.3. The summed E-state index contributed by atoms with van der Waals surface area (Å²) in [6.45, 7) is 7.84. The van der Waals surface area contributed by atoms with Gasteiger partial charge in [-0.2, -0.15) is 0 Å². The molecule has 5 aromatic rings. The summed E-state index contributed by atoms with van der Waals surface area (Å²) in [5.74, 6) is 0.920. The molecule has 2 aromatic heterocycles. The predicted octanol–water partition coefficient (Wildman–Crippen LogP) is 5.74. The van der Waals surface area contributed by atoms with Crippen molar-refractivity contribution in [3.05, 3.63) is 115 Å².